The summed E-state index contributed by atoms with van der Waals surface area (Å²) in [6.45, 7) is 1.74. The first-order chi connectivity index (χ1) is 9.06. The van der Waals surface area contributed by atoms with Gasteiger partial charge in [-0.05, 0) is 36.8 Å². The molecule has 2 rings (SSSR count). The Morgan fingerprint density at radius 3 is 2.63 bits per heavy atom. The second-order valence-electron chi connectivity index (χ2n) is 4.32. The van der Waals surface area contributed by atoms with Gasteiger partial charge in [0.2, 0.25) is 0 Å². The molecule has 0 saturated carbocycles. The van der Waals surface area contributed by atoms with Crippen molar-refractivity contribution in [3.8, 4) is 11.5 Å². The van der Waals surface area contributed by atoms with Gasteiger partial charge in [0.25, 0.3) is 0 Å². The summed E-state index contributed by atoms with van der Waals surface area (Å²) < 4.78 is 19.0. The first-order valence-corrected chi connectivity index (χ1v) is 5.94. The molecule has 0 fully saturated rings. The molecule has 0 spiro atoms. The van der Waals surface area contributed by atoms with Gasteiger partial charge in [-0.2, -0.15) is 0 Å². The molecule has 19 heavy (non-hydrogen) atoms. The van der Waals surface area contributed by atoms with E-state index in [1.807, 2.05) is 0 Å². The number of phenols is 1. The number of ether oxygens (including phenoxy) is 1. The number of hydrogen-bond acceptors (Lipinski definition) is 3. The molecule has 0 heterocycles. The molecule has 2 N–H and O–H groups in total. The number of aliphatic hydroxyl groups excluding tert-OH is 1. The van der Waals surface area contributed by atoms with Crippen LogP contribution in [0.4, 0.5) is 4.39 Å². The topological polar surface area (TPSA) is 49.7 Å². The molecule has 0 amide bonds. The van der Waals surface area contributed by atoms with E-state index < -0.39 is 11.9 Å². The lowest BCUT2D eigenvalue weighted by Crippen LogP contribution is -1.99. The number of hydrogen-bond donors (Lipinski definition) is 2. The van der Waals surface area contributed by atoms with Crippen LogP contribution in [0.15, 0.2) is 42.5 Å². The molecule has 0 aliphatic heterocycles. The first-order valence-electron chi connectivity index (χ1n) is 5.94. The number of benzene rings is 2. The molecule has 2 aromatic rings. The first kappa shape index (κ1) is 13.4. The van der Waals surface area contributed by atoms with Crippen molar-refractivity contribution >= 4 is 0 Å². The lowest BCUT2D eigenvalue weighted by atomic mass is 10.1. The zero-order chi connectivity index (χ0) is 13.8. The van der Waals surface area contributed by atoms with E-state index in [0.29, 0.717) is 5.75 Å². The minimum Gasteiger partial charge on any atom is -0.508 e. The molecular weight excluding hydrogens is 247 g/mol. The number of rotatable bonds is 4. The van der Waals surface area contributed by atoms with Crippen LogP contribution >= 0.6 is 0 Å². The zero-order valence-electron chi connectivity index (χ0n) is 10.5. The lowest BCUT2D eigenvalue weighted by molar-refractivity contribution is 0.194. The Balaban J connectivity index is 2.06. The third kappa shape index (κ3) is 3.45. The van der Waals surface area contributed by atoms with Crippen LogP contribution in [0.25, 0.3) is 0 Å². The normalized spacial score (nSPS) is 12.2. The van der Waals surface area contributed by atoms with Gasteiger partial charge in [0.15, 0.2) is 0 Å². The van der Waals surface area contributed by atoms with Crippen molar-refractivity contribution in [2.75, 3.05) is 0 Å². The van der Waals surface area contributed by atoms with Gasteiger partial charge in [0.1, 0.15) is 23.9 Å². The summed E-state index contributed by atoms with van der Waals surface area (Å²) in [5, 5.41) is 18.6. The van der Waals surface area contributed by atoms with Crippen LogP contribution in [0.2, 0.25) is 0 Å². The third-order valence-electron chi connectivity index (χ3n) is 2.74. The summed E-state index contributed by atoms with van der Waals surface area (Å²) in [4.78, 5) is 0. The van der Waals surface area contributed by atoms with E-state index in [1.165, 1.54) is 19.1 Å². The van der Waals surface area contributed by atoms with Gasteiger partial charge in [-0.1, -0.05) is 12.1 Å². The smallest absolute Gasteiger partial charge is 0.132 e. The van der Waals surface area contributed by atoms with Gasteiger partial charge in [0, 0.05) is 11.6 Å². The number of aromatic hydroxyl groups is 1. The van der Waals surface area contributed by atoms with Crippen LogP contribution in [0.5, 0.6) is 11.5 Å². The van der Waals surface area contributed by atoms with Crippen molar-refractivity contribution in [2.45, 2.75) is 19.6 Å². The van der Waals surface area contributed by atoms with Crippen molar-refractivity contribution in [2.24, 2.45) is 0 Å². The molecule has 0 bridgehead atoms. The Morgan fingerprint density at radius 1 is 1.21 bits per heavy atom. The van der Waals surface area contributed by atoms with E-state index in [0.717, 1.165) is 5.56 Å². The fraction of sp³-hybridized carbons (Fsp3) is 0.200. The summed E-state index contributed by atoms with van der Waals surface area (Å²) >= 11 is 0. The van der Waals surface area contributed by atoms with Crippen molar-refractivity contribution < 1.29 is 19.3 Å². The highest BCUT2D eigenvalue weighted by Gasteiger charge is 2.09. The highest BCUT2D eigenvalue weighted by Crippen LogP contribution is 2.22. The van der Waals surface area contributed by atoms with Gasteiger partial charge in [-0.3, -0.25) is 0 Å². The second-order valence-corrected chi connectivity index (χ2v) is 4.32. The highest BCUT2D eigenvalue weighted by molar-refractivity contribution is 5.31. The predicted molar refractivity (Wildman–Crippen MR) is 69.5 cm³/mol. The lowest BCUT2D eigenvalue weighted by Gasteiger charge is -2.10. The average Bonchev–Trinajstić information content (AvgIpc) is 2.36. The van der Waals surface area contributed by atoms with E-state index in [-0.39, 0.29) is 17.9 Å². The van der Waals surface area contributed by atoms with Crippen LogP contribution in [-0.2, 0) is 6.61 Å². The fourth-order valence-electron chi connectivity index (χ4n) is 1.75. The van der Waals surface area contributed by atoms with Crippen LogP contribution in [0, 0.1) is 5.82 Å². The summed E-state index contributed by atoms with van der Waals surface area (Å²) in [7, 11) is 0. The van der Waals surface area contributed by atoms with Crippen molar-refractivity contribution in [3.63, 3.8) is 0 Å². The van der Waals surface area contributed by atoms with Crippen LogP contribution in [0.3, 0.4) is 0 Å². The van der Waals surface area contributed by atoms with Gasteiger partial charge in [-0.15, -0.1) is 0 Å². The Morgan fingerprint density at radius 2 is 2.00 bits per heavy atom. The van der Waals surface area contributed by atoms with E-state index in [4.69, 9.17) is 4.74 Å². The van der Waals surface area contributed by atoms with Gasteiger partial charge >= 0.3 is 0 Å². The van der Waals surface area contributed by atoms with E-state index >= 15 is 0 Å². The third-order valence-corrected chi connectivity index (χ3v) is 2.74. The van der Waals surface area contributed by atoms with E-state index in [9.17, 15) is 14.6 Å². The standard InChI is InChI=1S/C15H15FO3/c1-10(17)14-6-5-13(8-15(14)16)19-9-11-3-2-4-12(18)7-11/h2-8,10,17-18H,9H2,1H3/t10-/m0/s1. The van der Waals surface area contributed by atoms with Crippen molar-refractivity contribution in [1.29, 1.82) is 0 Å². The maximum Gasteiger partial charge on any atom is 0.132 e. The molecule has 100 valence electrons. The fourth-order valence-corrected chi connectivity index (χ4v) is 1.75. The van der Waals surface area contributed by atoms with Crippen LogP contribution in [0.1, 0.15) is 24.2 Å². The molecule has 0 radical (unpaired) electrons. The average molecular weight is 262 g/mol. The van der Waals surface area contributed by atoms with Crippen molar-refractivity contribution in [1.82, 2.24) is 0 Å². The Kier molecular flexibility index (Phi) is 4.02. The quantitative estimate of drug-likeness (QED) is 0.889. The Hall–Kier alpha value is -2.07. The molecule has 1 atom stereocenters. The van der Waals surface area contributed by atoms with Gasteiger partial charge < -0.3 is 14.9 Å². The summed E-state index contributed by atoms with van der Waals surface area (Å²) in [6, 6.07) is 11.0. The minimum absolute atomic E-state index is 0.164. The van der Waals surface area contributed by atoms with E-state index in [1.54, 1.807) is 30.3 Å². The van der Waals surface area contributed by atoms with Crippen molar-refractivity contribution in [3.05, 3.63) is 59.4 Å². The highest BCUT2D eigenvalue weighted by atomic mass is 19.1. The number of phenolic OH excluding ortho intramolecular Hbond substituents is 1. The largest absolute Gasteiger partial charge is 0.508 e. The number of halogens is 1. The van der Waals surface area contributed by atoms with E-state index in [2.05, 4.69) is 0 Å². The molecule has 0 saturated heterocycles. The molecule has 0 aliphatic rings. The minimum atomic E-state index is -0.847. The van der Waals surface area contributed by atoms with Gasteiger partial charge in [0.05, 0.1) is 6.10 Å². The summed E-state index contributed by atoms with van der Waals surface area (Å²) in [5.74, 6) is 0.0467. The van der Waals surface area contributed by atoms with Crippen LogP contribution in [-0.4, -0.2) is 10.2 Å². The second kappa shape index (κ2) is 5.71. The number of aliphatic hydroxyl groups is 1. The summed E-state index contributed by atoms with van der Waals surface area (Å²) in [5.41, 5.74) is 1.03. The molecular formula is C15H15FO3. The predicted octanol–water partition coefficient (Wildman–Crippen LogP) is 3.16. The zero-order valence-corrected chi connectivity index (χ0v) is 10.5. The monoisotopic (exact) mass is 262 g/mol. The van der Waals surface area contributed by atoms with Gasteiger partial charge in [-0.25, -0.2) is 4.39 Å². The molecule has 0 aliphatic carbocycles. The molecule has 0 unspecified atom stereocenters. The molecule has 3 nitrogen and oxygen atoms in total. The Labute approximate surface area is 110 Å². The Bertz CT molecular complexity index is 567. The molecule has 2 aromatic carbocycles. The summed E-state index contributed by atoms with van der Waals surface area (Å²) in [6.07, 6.45) is -0.847. The maximum absolute atomic E-state index is 13.6. The SMILES string of the molecule is C[C@H](O)c1ccc(OCc2cccc(O)c2)cc1F. The van der Waals surface area contributed by atoms with Crippen LogP contribution < -0.4 is 4.74 Å². The molecule has 0 aromatic heterocycles. The molecule has 4 heteroatoms. The maximum atomic E-state index is 13.6.